The van der Waals surface area contributed by atoms with Crippen LogP contribution in [0.3, 0.4) is 0 Å². The van der Waals surface area contributed by atoms with Gasteiger partial charge in [-0.3, -0.25) is 4.79 Å². The third-order valence-corrected chi connectivity index (χ3v) is 4.19. The van der Waals surface area contributed by atoms with E-state index in [-0.39, 0.29) is 12.5 Å². The first kappa shape index (κ1) is 20.8. The van der Waals surface area contributed by atoms with E-state index in [0.717, 1.165) is 16.7 Å². The van der Waals surface area contributed by atoms with Crippen molar-refractivity contribution in [2.75, 3.05) is 6.61 Å². The van der Waals surface area contributed by atoms with Gasteiger partial charge in [-0.1, -0.05) is 90.5 Å². The third kappa shape index (κ3) is 7.24. The van der Waals surface area contributed by atoms with Crippen molar-refractivity contribution in [3.63, 3.8) is 0 Å². The Morgan fingerprint density at radius 3 is 1.90 bits per heavy atom. The molecule has 0 aliphatic rings. The van der Waals surface area contributed by atoms with E-state index < -0.39 is 0 Å². The number of rotatable bonds is 8. The number of aryl methyl sites for hydroxylation is 1. The van der Waals surface area contributed by atoms with Crippen molar-refractivity contribution in [1.82, 2.24) is 5.43 Å². The van der Waals surface area contributed by atoms with E-state index in [1.165, 1.54) is 0 Å². The lowest BCUT2D eigenvalue weighted by molar-refractivity contribution is -0.123. The third-order valence-electron chi connectivity index (χ3n) is 4.19. The number of ether oxygens (including phenoxy) is 1. The van der Waals surface area contributed by atoms with Crippen LogP contribution in [0.15, 0.2) is 102 Å². The number of carbonyl (C=O) groups is 1. The van der Waals surface area contributed by atoms with E-state index in [1.54, 1.807) is 0 Å². The van der Waals surface area contributed by atoms with Gasteiger partial charge in [0.25, 0.3) is 5.91 Å². The van der Waals surface area contributed by atoms with Gasteiger partial charge in [-0.25, -0.2) is 5.43 Å². The van der Waals surface area contributed by atoms with E-state index in [1.807, 2.05) is 116 Å². The van der Waals surface area contributed by atoms with E-state index in [0.29, 0.717) is 11.5 Å². The minimum Gasteiger partial charge on any atom is -0.484 e. The molecule has 4 nitrogen and oxygen atoms in total. The molecule has 0 unspecified atom stereocenters. The lowest BCUT2D eigenvalue weighted by Crippen LogP contribution is -2.25. The maximum Gasteiger partial charge on any atom is 0.277 e. The molecule has 0 fully saturated rings. The Hall–Kier alpha value is -3.92. The second-order valence-corrected chi connectivity index (χ2v) is 6.66. The molecule has 0 radical (unpaired) electrons. The van der Waals surface area contributed by atoms with Crippen LogP contribution in [-0.2, 0) is 4.79 Å². The summed E-state index contributed by atoms with van der Waals surface area (Å²) in [6, 6.07) is 27.4. The van der Waals surface area contributed by atoms with Gasteiger partial charge in [0.15, 0.2) is 6.61 Å². The summed E-state index contributed by atoms with van der Waals surface area (Å²) >= 11 is 0. The highest BCUT2D eigenvalue weighted by Crippen LogP contribution is 2.11. The number of nitrogens with one attached hydrogen (secondary N) is 1. The number of allylic oxidation sites excluding steroid dienone is 2. The molecule has 0 aromatic heterocycles. The number of hydrogen-bond acceptors (Lipinski definition) is 3. The van der Waals surface area contributed by atoms with Crippen LogP contribution >= 0.6 is 0 Å². The summed E-state index contributed by atoms with van der Waals surface area (Å²) in [5.74, 6) is 0.321. The van der Waals surface area contributed by atoms with E-state index in [4.69, 9.17) is 4.74 Å². The fourth-order valence-corrected chi connectivity index (χ4v) is 2.56. The zero-order valence-electron chi connectivity index (χ0n) is 16.9. The van der Waals surface area contributed by atoms with Crippen LogP contribution in [-0.4, -0.2) is 18.2 Å². The Kier molecular flexibility index (Phi) is 7.75. The molecule has 1 amide bonds. The molecule has 4 heteroatoms. The molecule has 0 saturated carbocycles. The molecule has 0 spiro atoms. The summed E-state index contributed by atoms with van der Waals surface area (Å²) in [5, 5.41) is 4.24. The highest BCUT2D eigenvalue weighted by molar-refractivity contribution is 6.08. The van der Waals surface area contributed by atoms with Crippen molar-refractivity contribution >= 4 is 23.8 Å². The number of nitrogens with zero attached hydrogens (tertiary/aromatic N) is 1. The Balaban J connectivity index is 1.65. The summed E-state index contributed by atoms with van der Waals surface area (Å²) in [6.45, 7) is 1.89. The molecule has 0 heterocycles. The summed E-state index contributed by atoms with van der Waals surface area (Å²) < 4.78 is 5.50. The van der Waals surface area contributed by atoms with Crippen LogP contribution in [0.25, 0.3) is 12.2 Å². The van der Waals surface area contributed by atoms with E-state index >= 15 is 0 Å². The molecule has 30 heavy (non-hydrogen) atoms. The van der Waals surface area contributed by atoms with Gasteiger partial charge < -0.3 is 4.74 Å². The van der Waals surface area contributed by atoms with Gasteiger partial charge in [-0.2, -0.15) is 5.10 Å². The van der Waals surface area contributed by atoms with Crippen LogP contribution in [0.5, 0.6) is 5.75 Å². The summed E-state index contributed by atoms with van der Waals surface area (Å²) in [7, 11) is 0. The zero-order valence-corrected chi connectivity index (χ0v) is 16.9. The van der Waals surface area contributed by atoms with Gasteiger partial charge in [0.1, 0.15) is 5.75 Å². The highest BCUT2D eigenvalue weighted by atomic mass is 16.5. The number of benzene rings is 3. The molecule has 3 rings (SSSR count). The van der Waals surface area contributed by atoms with E-state index in [2.05, 4.69) is 10.5 Å². The molecule has 3 aromatic rings. The predicted molar refractivity (Wildman–Crippen MR) is 123 cm³/mol. The number of amides is 1. The van der Waals surface area contributed by atoms with Crippen molar-refractivity contribution in [3.05, 3.63) is 114 Å². The van der Waals surface area contributed by atoms with Crippen molar-refractivity contribution in [2.45, 2.75) is 6.92 Å². The standard InChI is InChI=1S/C26H24N2O2/c1-21-12-18-25(19-13-21)30-20-26(29)28-27-24(16-14-22-8-4-2-5-9-22)17-15-23-10-6-3-7-11-23/h2-19H,20H2,1H3,(H,28,29). The maximum absolute atomic E-state index is 12.1. The normalized spacial score (nSPS) is 10.8. The minimum absolute atomic E-state index is 0.107. The molecular weight excluding hydrogens is 372 g/mol. The monoisotopic (exact) mass is 396 g/mol. The lowest BCUT2D eigenvalue weighted by Gasteiger charge is -2.05. The van der Waals surface area contributed by atoms with Gasteiger partial charge in [0, 0.05) is 0 Å². The second kappa shape index (κ2) is 11.2. The average Bonchev–Trinajstić information content (AvgIpc) is 2.79. The van der Waals surface area contributed by atoms with Gasteiger partial charge >= 0.3 is 0 Å². The highest BCUT2D eigenvalue weighted by Gasteiger charge is 2.02. The van der Waals surface area contributed by atoms with Gasteiger partial charge in [0.05, 0.1) is 5.71 Å². The fraction of sp³-hybridized carbons (Fsp3) is 0.0769. The Morgan fingerprint density at radius 1 is 0.833 bits per heavy atom. The first-order valence-electron chi connectivity index (χ1n) is 9.71. The van der Waals surface area contributed by atoms with Crippen LogP contribution in [0.2, 0.25) is 0 Å². The molecule has 3 aromatic carbocycles. The van der Waals surface area contributed by atoms with Gasteiger partial charge in [-0.15, -0.1) is 0 Å². The van der Waals surface area contributed by atoms with Crippen LogP contribution in [0, 0.1) is 6.92 Å². The molecule has 150 valence electrons. The smallest absolute Gasteiger partial charge is 0.277 e. The lowest BCUT2D eigenvalue weighted by atomic mass is 10.1. The zero-order chi connectivity index (χ0) is 21.0. The van der Waals surface area contributed by atoms with Crippen LogP contribution in [0.1, 0.15) is 16.7 Å². The number of hydrogen-bond donors (Lipinski definition) is 1. The predicted octanol–water partition coefficient (Wildman–Crippen LogP) is 5.27. The quantitative estimate of drug-likeness (QED) is 0.416. The number of hydrazone groups is 1. The summed E-state index contributed by atoms with van der Waals surface area (Å²) in [6.07, 6.45) is 7.61. The van der Waals surface area contributed by atoms with Crippen molar-refractivity contribution < 1.29 is 9.53 Å². The molecule has 0 atom stereocenters. The van der Waals surface area contributed by atoms with Crippen LogP contribution in [0.4, 0.5) is 0 Å². The van der Waals surface area contributed by atoms with Crippen LogP contribution < -0.4 is 10.2 Å². The Morgan fingerprint density at radius 2 is 1.37 bits per heavy atom. The SMILES string of the molecule is Cc1ccc(OCC(=O)NN=C(C=Cc2ccccc2)C=Cc2ccccc2)cc1. The molecule has 0 aliphatic heterocycles. The molecule has 1 N–H and O–H groups in total. The first-order valence-corrected chi connectivity index (χ1v) is 9.71. The molecule has 0 bridgehead atoms. The molecular formula is C26H24N2O2. The van der Waals surface area contributed by atoms with E-state index in [9.17, 15) is 4.79 Å². The number of carbonyl (C=O) groups excluding carboxylic acids is 1. The van der Waals surface area contributed by atoms with Gasteiger partial charge in [0.2, 0.25) is 0 Å². The second-order valence-electron chi connectivity index (χ2n) is 6.66. The summed E-state index contributed by atoms with van der Waals surface area (Å²) in [5.41, 5.74) is 6.41. The van der Waals surface area contributed by atoms with Crippen molar-refractivity contribution in [3.8, 4) is 5.75 Å². The summed E-state index contributed by atoms with van der Waals surface area (Å²) in [4.78, 5) is 12.1. The minimum atomic E-state index is -0.325. The first-order chi connectivity index (χ1) is 14.7. The average molecular weight is 396 g/mol. The van der Waals surface area contributed by atoms with Gasteiger partial charge in [-0.05, 0) is 42.3 Å². The maximum atomic E-state index is 12.1. The largest absolute Gasteiger partial charge is 0.484 e. The Labute approximate surface area is 177 Å². The molecule has 0 saturated heterocycles. The Bertz CT molecular complexity index is 970. The van der Waals surface area contributed by atoms with Crippen molar-refractivity contribution in [2.24, 2.45) is 5.10 Å². The van der Waals surface area contributed by atoms with Crippen molar-refractivity contribution in [1.29, 1.82) is 0 Å². The topological polar surface area (TPSA) is 50.7 Å². The fourth-order valence-electron chi connectivity index (χ4n) is 2.56. The molecule has 0 aliphatic carbocycles.